The van der Waals surface area contributed by atoms with Gasteiger partial charge in [0.25, 0.3) is 0 Å². The molecule has 0 bridgehead atoms. The molecule has 25 heavy (non-hydrogen) atoms. The van der Waals surface area contributed by atoms with Crippen LogP contribution >= 0.6 is 0 Å². The van der Waals surface area contributed by atoms with E-state index >= 15 is 0 Å². The number of rotatable bonds is 4. The Bertz CT molecular complexity index is 688. The maximum Gasteiger partial charge on any atom is 0.152 e. The monoisotopic (exact) mass is 358 g/mol. The Labute approximate surface area is 151 Å². The van der Waals surface area contributed by atoms with Crippen LogP contribution in [0.25, 0.3) is 0 Å². The topological polar surface area (TPSA) is 40.6 Å². The van der Waals surface area contributed by atoms with Crippen molar-refractivity contribution in [3.8, 4) is 0 Å². The second-order valence-electron chi connectivity index (χ2n) is 6.68. The summed E-state index contributed by atoms with van der Waals surface area (Å²) in [6.07, 6.45) is 0. The molecule has 0 unspecified atom stereocenters. The van der Waals surface area contributed by atoms with Gasteiger partial charge in [-0.25, -0.2) is 8.42 Å². The SMILES string of the molecule is O=S1(=O)CCN(Cc2ccccc2)CCN(Cc2ccccc2)CC1. The lowest BCUT2D eigenvalue weighted by atomic mass is 10.2. The molecule has 5 heteroatoms. The zero-order valence-corrected chi connectivity index (χ0v) is 15.4. The molecule has 2 aromatic rings. The lowest BCUT2D eigenvalue weighted by Gasteiger charge is -2.25. The van der Waals surface area contributed by atoms with Crippen LogP contribution in [0.15, 0.2) is 60.7 Å². The minimum atomic E-state index is -3.00. The highest BCUT2D eigenvalue weighted by atomic mass is 32.2. The summed E-state index contributed by atoms with van der Waals surface area (Å²) in [4.78, 5) is 4.52. The molecule has 1 aliphatic rings. The van der Waals surface area contributed by atoms with Gasteiger partial charge in [-0.05, 0) is 11.1 Å². The molecule has 0 spiro atoms. The van der Waals surface area contributed by atoms with Gasteiger partial charge >= 0.3 is 0 Å². The summed E-state index contributed by atoms with van der Waals surface area (Å²) in [7, 11) is -3.00. The summed E-state index contributed by atoms with van der Waals surface area (Å²) in [5.74, 6) is 0.498. The number of benzene rings is 2. The summed E-state index contributed by atoms with van der Waals surface area (Å²) in [5, 5.41) is 0. The van der Waals surface area contributed by atoms with Crippen LogP contribution in [-0.2, 0) is 22.9 Å². The maximum atomic E-state index is 12.3. The molecule has 1 saturated heterocycles. The first-order chi connectivity index (χ1) is 12.1. The van der Waals surface area contributed by atoms with Crippen molar-refractivity contribution >= 4 is 9.84 Å². The van der Waals surface area contributed by atoms with Gasteiger partial charge in [-0.3, -0.25) is 9.80 Å². The summed E-state index contributed by atoms with van der Waals surface area (Å²) >= 11 is 0. The zero-order chi connectivity index (χ0) is 17.5. The molecule has 0 radical (unpaired) electrons. The maximum absolute atomic E-state index is 12.3. The average molecular weight is 359 g/mol. The Balaban J connectivity index is 1.68. The normalized spacial score (nSPS) is 19.7. The molecule has 1 heterocycles. The van der Waals surface area contributed by atoms with Crippen molar-refractivity contribution in [2.24, 2.45) is 0 Å². The van der Waals surface area contributed by atoms with Gasteiger partial charge in [-0.15, -0.1) is 0 Å². The fraction of sp³-hybridized carbons (Fsp3) is 0.400. The molecule has 1 fully saturated rings. The predicted octanol–water partition coefficient (Wildman–Crippen LogP) is 2.42. The fourth-order valence-electron chi connectivity index (χ4n) is 3.14. The van der Waals surface area contributed by atoms with Crippen molar-refractivity contribution < 1.29 is 8.42 Å². The summed E-state index contributed by atoms with van der Waals surface area (Å²) in [5.41, 5.74) is 2.46. The molecule has 0 saturated carbocycles. The van der Waals surface area contributed by atoms with E-state index in [9.17, 15) is 8.42 Å². The first-order valence-electron chi connectivity index (χ1n) is 8.84. The molecule has 0 amide bonds. The number of hydrogen-bond donors (Lipinski definition) is 0. The minimum absolute atomic E-state index is 0.249. The summed E-state index contributed by atoms with van der Waals surface area (Å²) < 4.78 is 24.6. The Morgan fingerprint density at radius 1 is 0.640 bits per heavy atom. The van der Waals surface area contributed by atoms with Crippen molar-refractivity contribution in [2.75, 3.05) is 37.7 Å². The van der Waals surface area contributed by atoms with Crippen LogP contribution in [0.2, 0.25) is 0 Å². The zero-order valence-electron chi connectivity index (χ0n) is 14.5. The van der Waals surface area contributed by atoms with Gasteiger partial charge in [0.2, 0.25) is 0 Å². The molecule has 4 nitrogen and oxygen atoms in total. The van der Waals surface area contributed by atoms with E-state index in [4.69, 9.17) is 0 Å². The first-order valence-corrected chi connectivity index (χ1v) is 10.7. The molecule has 134 valence electrons. The van der Waals surface area contributed by atoms with E-state index in [1.807, 2.05) is 36.4 Å². The highest BCUT2D eigenvalue weighted by Crippen LogP contribution is 2.10. The molecule has 0 aliphatic carbocycles. The van der Waals surface area contributed by atoms with E-state index < -0.39 is 9.84 Å². The number of hydrogen-bond acceptors (Lipinski definition) is 4. The van der Waals surface area contributed by atoms with Crippen LogP contribution in [-0.4, -0.2) is 55.9 Å². The van der Waals surface area contributed by atoms with Crippen LogP contribution in [0.5, 0.6) is 0 Å². The second kappa shape index (κ2) is 8.61. The van der Waals surface area contributed by atoms with Crippen LogP contribution < -0.4 is 0 Å². The average Bonchev–Trinajstić information content (AvgIpc) is 2.69. The second-order valence-corrected chi connectivity index (χ2v) is 8.98. The van der Waals surface area contributed by atoms with Crippen molar-refractivity contribution in [3.05, 3.63) is 71.8 Å². The smallest absolute Gasteiger partial charge is 0.152 e. The number of nitrogens with zero attached hydrogens (tertiary/aromatic N) is 2. The molecular formula is C20H26N2O2S. The Morgan fingerprint density at radius 3 is 1.44 bits per heavy atom. The third-order valence-electron chi connectivity index (χ3n) is 4.67. The van der Waals surface area contributed by atoms with Gasteiger partial charge in [0.05, 0.1) is 11.5 Å². The highest BCUT2D eigenvalue weighted by molar-refractivity contribution is 7.91. The summed E-state index contributed by atoms with van der Waals surface area (Å²) in [6.45, 7) is 4.59. The van der Waals surface area contributed by atoms with E-state index in [-0.39, 0.29) is 11.5 Å². The molecule has 0 N–H and O–H groups in total. The number of sulfone groups is 1. The fourth-order valence-corrected chi connectivity index (χ4v) is 4.42. The molecular weight excluding hydrogens is 332 g/mol. The lowest BCUT2D eigenvalue weighted by molar-refractivity contribution is 0.209. The van der Waals surface area contributed by atoms with Crippen LogP contribution in [0.1, 0.15) is 11.1 Å². The van der Waals surface area contributed by atoms with E-state index in [0.29, 0.717) is 13.1 Å². The van der Waals surface area contributed by atoms with Crippen molar-refractivity contribution in [2.45, 2.75) is 13.1 Å². The van der Waals surface area contributed by atoms with Crippen molar-refractivity contribution in [1.82, 2.24) is 9.80 Å². The molecule has 2 aromatic carbocycles. The van der Waals surface area contributed by atoms with Gasteiger partial charge in [0.1, 0.15) is 0 Å². The van der Waals surface area contributed by atoms with Crippen LogP contribution in [0.3, 0.4) is 0 Å². The van der Waals surface area contributed by atoms with Gasteiger partial charge < -0.3 is 0 Å². The van der Waals surface area contributed by atoms with Crippen molar-refractivity contribution in [3.63, 3.8) is 0 Å². The molecule has 0 aromatic heterocycles. The highest BCUT2D eigenvalue weighted by Gasteiger charge is 2.20. The molecule has 1 aliphatic heterocycles. The molecule has 3 rings (SSSR count). The Morgan fingerprint density at radius 2 is 1.04 bits per heavy atom. The van der Waals surface area contributed by atoms with E-state index in [2.05, 4.69) is 34.1 Å². The lowest BCUT2D eigenvalue weighted by Crippen LogP contribution is -2.35. The minimum Gasteiger partial charge on any atom is -0.297 e. The Hall–Kier alpha value is -1.69. The summed E-state index contributed by atoms with van der Waals surface area (Å²) in [6, 6.07) is 20.5. The van der Waals surface area contributed by atoms with Gasteiger partial charge in [-0.2, -0.15) is 0 Å². The largest absolute Gasteiger partial charge is 0.297 e. The Kier molecular flexibility index (Phi) is 6.24. The van der Waals surface area contributed by atoms with E-state index in [1.165, 1.54) is 11.1 Å². The van der Waals surface area contributed by atoms with E-state index in [1.54, 1.807) is 0 Å². The predicted molar refractivity (Wildman–Crippen MR) is 102 cm³/mol. The van der Waals surface area contributed by atoms with Crippen LogP contribution in [0.4, 0.5) is 0 Å². The quantitative estimate of drug-likeness (QED) is 0.842. The standard InChI is InChI=1S/C20H26N2O2S/c23-25(24)15-13-21(17-19-7-3-1-4-8-19)11-12-22(14-16-25)18-20-9-5-2-6-10-20/h1-10H,11-18H2. The van der Waals surface area contributed by atoms with Gasteiger partial charge in [0.15, 0.2) is 9.84 Å². The van der Waals surface area contributed by atoms with E-state index in [0.717, 1.165) is 26.2 Å². The third-order valence-corrected chi connectivity index (χ3v) is 6.28. The first kappa shape index (κ1) is 18.1. The van der Waals surface area contributed by atoms with Crippen molar-refractivity contribution in [1.29, 1.82) is 0 Å². The van der Waals surface area contributed by atoms with Gasteiger partial charge in [0, 0.05) is 39.3 Å². The van der Waals surface area contributed by atoms with Crippen LogP contribution in [0, 0.1) is 0 Å². The molecule has 0 atom stereocenters. The third kappa shape index (κ3) is 5.96. The van der Waals surface area contributed by atoms with Gasteiger partial charge in [-0.1, -0.05) is 60.7 Å².